The summed E-state index contributed by atoms with van der Waals surface area (Å²) in [6.07, 6.45) is 8.03. The molecule has 0 N–H and O–H groups in total. The van der Waals surface area contributed by atoms with Gasteiger partial charge < -0.3 is 9.47 Å². The fourth-order valence-corrected chi connectivity index (χ4v) is 11.9. The monoisotopic (exact) mass is 797 g/mol. The first kappa shape index (κ1) is 36.7. The van der Waals surface area contributed by atoms with Gasteiger partial charge >= 0.3 is 0 Å². The van der Waals surface area contributed by atoms with Crippen molar-refractivity contribution in [3.8, 4) is 16.8 Å². The lowest BCUT2D eigenvalue weighted by molar-refractivity contribution is 0.376. The number of nitrogens with zero attached hydrogens (tertiary/aromatic N) is 5. The second kappa shape index (κ2) is 14.7. The number of hydrogen-bond acceptors (Lipinski definition) is 5. The van der Waals surface area contributed by atoms with Crippen LogP contribution in [-0.4, -0.2) is 33.9 Å². The molecule has 11 rings (SSSR count). The van der Waals surface area contributed by atoms with Crippen LogP contribution in [0, 0.1) is 17.8 Å². The average Bonchev–Trinajstić information content (AvgIpc) is 3.84. The third-order valence-electron chi connectivity index (χ3n) is 13.1. The first-order valence-electron chi connectivity index (χ1n) is 21.3. The van der Waals surface area contributed by atoms with Gasteiger partial charge in [-0.15, -0.1) is 11.3 Å². The Hall–Kier alpha value is -6.37. The maximum absolute atomic E-state index is 5.71. The highest BCUT2D eigenvalue weighted by atomic mass is 32.1. The average molecular weight is 798 g/mol. The lowest BCUT2D eigenvalue weighted by Gasteiger charge is -2.40. The summed E-state index contributed by atoms with van der Waals surface area (Å²) in [6.45, 7) is 7.23. The molecular weight excluding hydrogens is 751 g/mol. The number of benzene rings is 5. The fraction of sp³-hybridized carbons (Fsp3) is 0.204. The molecule has 6 unspecified atom stereocenters. The van der Waals surface area contributed by atoms with E-state index < -0.39 is 0 Å². The van der Waals surface area contributed by atoms with E-state index in [-0.39, 0.29) is 29.8 Å². The summed E-state index contributed by atoms with van der Waals surface area (Å²) >= 11 is 2.00. The summed E-state index contributed by atoms with van der Waals surface area (Å²) in [7, 11) is 2.12. The number of allylic oxidation sites excluding steroid dienone is 2. The SMILES string of the molecule is CC1Cc2sc3c(c2-c2c1n(-c1ccccc1)c1ccccc21)C(C1C(C2=NC(c4ccccc4)N(C)C(c4ccccc4)=N2)=NC(c2ccccc2)=CC1C)C(C)C=C3. The van der Waals surface area contributed by atoms with Gasteiger partial charge in [0.05, 0.1) is 16.9 Å². The van der Waals surface area contributed by atoms with E-state index in [9.17, 15) is 0 Å². The molecule has 5 aromatic carbocycles. The predicted octanol–water partition coefficient (Wildman–Crippen LogP) is 13.0. The molecule has 5 nitrogen and oxygen atoms in total. The number of hydrogen-bond donors (Lipinski definition) is 0. The van der Waals surface area contributed by atoms with Crippen molar-refractivity contribution in [1.29, 1.82) is 0 Å². The largest absolute Gasteiger partial charge is 0.333 e. The van der Waals surface area contributed by atoms with Crippen LogP contribution in [0.3, 0.4) is 0 Å². The van der Waals surface area contributed by atoms with Gasteiger partial charge in [0.1, 0.15) is 5.84 Å². The van der Waals surface area contributed by atoms with Gasteiger partial charge in [0.15, 0.2) is 12.0 Å². The van der Waals surface area contributed by atoms with E-state index in [0.717, 1.165) is 46.2 Å². The van der Waals surface area contributed by atoms with Crippen LogP contribution in [0.5, 0.6) is 0 Å². The third kappa shape index (κ3) is 5.91. The van der Waals surface area contributed by atoms with Gasteiger partial charge in [0, 0.05) is 68.0 Å². The molecule has 4 aliphatic rings. The Morgan fingerprint density at radius 1 is 0.650 bits per heavy atom. The highest BCUT2D eigenvalue weighted by Gasteiger charge is 2.45. The van der Waals surface area contributed by atoms with Crippen LogP contribution < -0.4 is 0 Å². The van der Waals surface area contributed by atoms with Crippen LogP contribution in [0.2, 0.25) is 0 Å². The molecule has 0 saturated heterocycles. The lowest BCUT2D eigenvalue weighted by Crippen LogP contribution is -2.42. The van der Waals surface area contributed by atoms with E-state index in [0.29, 0.717) is 5.92 Å². The molecule has 7 aromatic rings. The van der Waals surface area contributed by atoms with Gasteiger partial charge in [-0.05, 0) is 59.2 Å². The molecule has 6 atom stereocenters. The molecule has 0 amide bonds. The Morgan fingerprint density at radius 2 is 1.30 bits per heavy atom. The Bertz CT molecular complexity index is 2920. The van der Waals surface area contributed by atoms with Gasteiger partial charge in [-0.25, -0.2) is 15.0 Å². The van der Waals surface area contributed by atoms with E-state index in [4.69, 9.17) is 15.0 Å². The van der Waals surface area contributed by atoms with E-state index in [1.165, 1.54) is 48.7 Å². The van der Waals surface area contributed by atoms with E-state index >= 15 is 0 Å². The van der Waals surface area contributed by atoms with E-state index in [1.54, 1.807) is 0 Å². The minimum atomic E-state index is -0.264. The molecule has 294 valence electrons. The topological polar surface area (TPSA) is 45.2 Å². The summed E-state index contributed by atoms with van der Waals surface area (Å²) in [5, 5.41) is 1.32. The maximum atomic E-state index is 5.71. The molecule has 60 heavy (non-hydrogen) atoms. The maximum Gasteiger partial charge on any atom is 0.174 e. The first-order valence-corrected chi connectivity index (χ1v) is 22.1. The number of amidine groups is 2. The fourth-order valence-electron chi connectivity index (χ4n) is 10.5. The molecular formula is C54H47N5S. The molecule has 2 aliphatic carbocycles. The molecule has 4 heterocycles. The van der Waals surface area contributed by atoms with Crippen LogP contribution >= 0.6 is 11.3 Å². The predicted molar refractivity (Wildman–Crippen MR) is 252 cm³/mol. The quantitative estimate of drug-likeness (QED) is 0.165. The number of aromatic nitrogens is 1. The highest BCUT2D eigenvalue weighted by molar-refractivity contribution is 7.13. The van der Waals surface area contributed by atoms with Crippen molar-refractivity contribution in [3.05, 3.63) is 195 Å². The normalized spacial score (nSPS) is 23.2. The first-order chi connectivity index (χ1) is 29.4. The van der Waals surface area contributed by atoms with Gasteiger partial charge in [-0.1, -0.05) is 160 Å². The van der Waals surface area contributed by atoms with Crippen LogP contribution in [0.1, 0.15) is 76.5 Å². The molecule has 0 fully saturated rings. The van der Waals surface area contributed by atoms with Crippen LogP contribution in [0.25, 0.3) is 39.5 Å². The number of aliphatic imine (C=N–C) groups is 3. The van der Waals surface area contributed by atoms with Crippen molar-refractivity contribution in [1.82, 2.24) is 9.47 Å². The summed E-state index contributed by atoms with van der Waals surface area (Å²) in [4.78, 5) is 21.9. The standard InChI is InChI=1S/C54H47N5S/c1-33-29-30-43-48(49-44(60-43)32-35(3)51-47(49)40-27-17-18-28-42(40)59(51)39-25-15-8-16-26-39)45(33)46-34(2)31-41(36-19-9-5-10-20-36)55-50(46)52-56-53(37-21-11-6-12-22-37)58(4)54(57-52)38-23-13-7-14-24-38/h5-31,33-35,45-46,53H,32H2,1-4H3. The third-order valence-corrected chi connectivity index (χ3v) is 14.3. The molecule has 2 aromatic heterocycles. The van der Waals surface area contributed by atoms with Gasteiger partial charge in [-0.2, -0.15) is 0 Å². The second-order valence-corrected chi connectivity index (χ2v) is 18.1. The van der Waals surface area contributed by atoms with Gasteiger partial charge in [-0.3, -0.25) is 0 Å². The van der Waals surface area contributed by atoms with Gasteiger partial charge in [0.2, 0.25) is 0 Å². The zero-order valence-electron chi connectivity index (χ0n) is 34.4. The molecule has 0 bridgehead atoms. The Balaban J connectivity index is 1.14. The zero-order chi connectivity index (χ0) is 40.5. The minimum Gasteiger partial charge on any atom is -0.333 e. The Labute approximate surface area is 356 Å². The molecule has 0 saturated carbocycles. The number of thiophene rings is 1. The van der Waals surface area contributed by atoms with Crippen LogP contribution in [-0.2, 0) is 6.42 Å². The van der Waals surface area contributed by atoms with Crippen LogP contribution in [0.15, 0.2) is 173 Å². The number of rotatable bonds is 6. The molecule has 0 spiro atoms. The smallest absolute Gasteiger partial charge is 0.174 e. The van der Waals surface area contributed by atoms with Crippen molar-refractivity contribution in [3.63, 3.8) is 0 Å². The van der Waals surface area contributed by atoms with Crippen molar-refractivity contribution in [2.24, 2.45) is 32.7 Å². The summed E-state index contributed by atoms with van der Waals surface area (Å²) < 4.78 is 2.54. The summed E-state index contributed by atoms with van der Waals surface area (Å²) in [5.74, 6) is 2.53. The van der Waals surface area contributed by atoms with Crippen molar-refractivity contribution < 1.29 is 0 Å². The minimum absolute atomic E-state index is 0.0134. The Morgan fingerprint density at radius 3 is 2.03 bits per heavy atom. The van der Waals surface area contributed by atoms with Crippen molar-refractivity contribution in [2.45, 2.75) is 45.2 Å². The summed E-state index contributed by atoms with van der Waals surface area (Å²) in [6, 6.07) is 51.8. The van der Waals surface area contributed by atoms with E-state index in [2.05, 4.69) is 201 Å². The molecule has 2 aliphatic heterocycles. The zero-order valence-corrected chi connectivity index (χ0v) is 35.2. The van der Waals surface area contributed by atoms with Crippen molar-refractivity contribution in [2.75, 3.05) is 7.05 Å². The summed E-state index contributed by atoms with van der Waals surface area (Å²) in [5.41, 5.74) is 13.5. The van der Waals surface area contributed by atoms with Crippen LogP contribution in [0.4, 0.5) is 0 Å². The van der Waals surface area contributed by atoms with E-state index in [1.807, 2.05) is 11.3 Å². The highest BCUT2D eigenvalue weighted by Crippen LogP contribution is 2.58. The number of fused-ring (bicyclic) bond motifs is 7. The molecule has 6 heteroatoms. The Kier molecular flexibility index (Phi) is 9.00. The second-order valence-electron chi connectivity index (χ2n) is 16.9. The number of para-hydroxylation sites is 2. The van der Waals surface area contributed by atoms with Crippen molar-refractivity contribution >= 4 is 51.4 Å². The van der Waals surface area contributed by atoms with Gasteiger partial charge in [0.25, 0.3) is 0 Å². The molecule has 0 radical (unpaired) electrons. The lowest BCUT2D eigenvalue weighted by atomic mass is 9.65.